The molecule has 9 heteroatoms. The molecule has 0 bridgehead atoms. The number of hydrogen-bond acceptors (Lipinski definition) is 7. The van der Waals surface area contributed by atoms with Gasteiger partial charge in [0.05, 0.1) is 22.9 Å². The van der Waals surface area contributed by atoms with Gasteiger partial charge in [-0.1, -0.05) is 18.6 Å². The fourth-order valence-electron chi connectivity index (χ4n) is 4.03. The number of nitrogens with one attached hydrogen (secondary N) is 1. The van der Waals surface area contributed by atoms with Gasteiger partial charge in [0.2, 0.25) is 0 Å². The average molecular weight is 465 g/mol. The molecule has 2 aromatic heterocycles. The number of anilines is 1. The van der Waals surface area contributed by atoms with Crippen LogP contribution in [0, 0.1) is 11.3 Å². The van der Waals surface area contributed by atoms with Gasteiger partial charge in [-0.3, -0.25) is 19.0 Å². The second kappa shape index (κ2) is 9.96. The predicted octanol–water partition coefficient (Wildman–Crippen LogP) is 3.25. The normalized spacial score (nSPS) is 13.1. The van der Waals surface area contributed by atoms with Crippen molar-refractivity contribution in [1.82, 2.24) is 9.55 Å². The highest BCUT2D eigenvalue weighted by Gasteiger charge is 2.21. The first-order valence-electron chi connectivity index (χ1n) is 10.9. The largest absolute Gasteiger partial charge is 0.456 e. The van der Waals surface area contributed by atoms with Gasteiger partial charge in [0, 0.05) is 18.3 Å². The Kier molecular flexibility index (Phi) is 6.84. The lowest BCUT2D eigenvalue weighted by Gasteiger charge is -2.09. The summed E-state index contributed by atoms with van der Waals surface area (Å²) in [7, 11) is 1.62. The molecule has 170 valence electrons. The third-order valence-electron chi connectivity index (χ3n) is 5.78. The smallest absolute Gasteiger partial charge is 0.306 e. The lowest BCUT2D eigenvalue weighted by Crippen LogP contribution is -2.24. The summed E-state index contributed by atoms with van der Waals surface area (Å²) in [6.45, 7) is -0.434. The summed E-state index contributed by atoms with van der Waals surface area (Å²) in [4.78, 5) is 42.6. The van der Waals surface area contributed by atoms with E-state index in [0.29, 0.717) is 27.3 Å². The number of esters is 1. The molecule has 0 fully saturated rings. The van der Waals surface area contributed by atoms with Crippen molar-refractivity contribution in [2.24, 2.45) is 7.05 Å². The number of carbonyl (C=O) groups is 2. The topological polar surface area (TPSA) is 114 Å². The molecule has 0 spiro atoms. The van der Waals surface area contributed by atoms with E-state index >= 15 is 0 Å². The molecule has 4 rings (SSSR count). The van der Waals surface area contributed by atoms with Crippen LogP contribution in [0.1, 0.15) is 47.5 Å². The maximum atomic E-state index is 12.5. The van der Waals surface area contributed by atoms with Crippen LogP contribution >= 0.6 is 11.3 Å². The molecule has 3 aromatic rings. The van der Waals surface area contributed by atoms with Gasteiger partial charge >= 0.3 is 5.97 Å². The van der Waals surface area contributed by atoms with Gasteiger partial charge in [-0.25, -0.2) is 4.98 Å². The molecule has 0 saturated carbocycles. The van der Waals surface area contributed by atoms with Crippen LogP contribution in [0.4, 0.5) is 5.00 Å². The summed E-state index contributed by atoms with van der Waals surface area (Å²) < 4.78 is 6.53. The van der Waals surface area contributed by atoms with Gasteiger partial charge in [0.25, 0.3) is 11.5 Å². The van der Waals surface area contributed by atoms with Crippen molar-refractivity contribution < 1.29 is 14.3 Å². The Balaban J connectivity index is 1.33. The Morgan fingerprint density at radius 1 is 1.24 bits per heavy atom. The van der Waals surface area contributed by atoms with E-state index in [-0.39, 0.29) is 18.4 Å². The fourth-order valence-corrected chi connectivity index (χ4v) is 5.29. The van der Waals surface area contributed by atoms with Crippen LogP contribution in [0.5, 0.6) is 0 Å². The van der Waals surface area contributed by atoms with Crippen LogP contribution in [-0.2, 0) is 40.6 Å². The van der Waals surface area contributed by atoms with E-state index in [2.05, 4.69) is 16.4 Å². The molecule has 0 radical (unpaired) electrons. The first kappa shape index (κ1) is 22.7. The Bertz CT molecular complexity index is 1320. The third-order valence-corrected chi connectivity index (χ3v) is 6.99. The zero-order chi connectivity index (χ0) is 23.4. The Morgan fingerprint density at radius 2 is 2.03 bits per heavy atom. The number of carbonyl (C=O) groups excluding carboxylic acids is 2. The highest BCUT2D eigenvalue weighted by Crippen LogP contribution is 2.36. The van der Waals surface area contributed by atoms with Crippen LogP contribution in [0.3, 0.4) is 0 Å². The SMILES string of the molecule is Cn1c(CCC(=O)OCC(=O)Nc2sc3c(c2C#N)CCCCC3)nc2ccccc2c1=O. The molecule has 0 aliphatic heterocycles. The maximum absolute atomic E-state index is 12.5. The number of rotatable bonds is 6. The van der Waals surface area contributed by atoms with E-state index in [0.717, 1.165) is 42.5 Å². The number of aromatic nitrogens is 2. The van der Waals surface area contributed by atoms with E-state index in [1.165, 1.54) is 15.9 Å². The summed E-state index contributed by atoms with van der Waals surface area (Å²) in [6, 6.07) is 9.26. The fraction of sp³-hybridized carbons (Fsp3) is 0.375. The number of aryl methyl sites for hydroxylation is 2. The quantitative estimate of drug-likeness (QED) is 0.442. The van der Waals surface area contributed by atoms with E-state index in [1.807, 2.05) is 0 Å². The first-order chi connectivity index (χ1) is 16.0. The monoisotopic (exact) mass is 464 g/mol. The molecule has 1 N–H and O–H groups in total. The molecule has 33 heavy (non-hydrogen) atoms. The Labute approximate surface area is 194 Å². The third kappa shape index (κ3) is 4.96. The van der Waals surface area contributed by atoms with Crippen molar-refractivity contribution in [2.75, 3.05) is 11.9 Å². The van der Waals surface area contributed by atoms with E-state index in [9.17, 15) is 19.6 Å². The summed E-state index contributed by atoms with van der Waals surface area (Å²) in [5.74, 6) is -0.568. The van der Waals surface area contributed by atoms with Gasteiger partial charge in [-0.05, 0) is 43.4 Å². The highest BCUT2D eigenvalue weighted by atomic mass is 32.1. The van der Waals surface area contributed by atoms with Crippen molar-refractivity contribution in [1.29, 1.82) is 5.26 Å². The molecule has 0 unspecified atom stereocenters. The molecule has 0 atom stereocenters. The summed E-state index contributed by atoms with van der Waals surface area (Å²) in [6.07, 6.45) is 5.25. The van der Waals surface area contributed by atoms with Crippen molar-refractivity contribution in [3.63, 3.8) is 0 Å². The minimum atomic E-state index is -0.560. The number of fused-ring (bicyclic) bond motifs is 2. The molecule has 1 aliphatic carbocycles. The van der Waals surface area contributed by atoms with Crippen LogP contribution in [0.15, 0.2) is 29.1 Å². The summed E-state index contributed by atoms with van der Waals surface area (Å²) >= 11 is 1.44. The zero-order valence-corrected chi connectivity index (χ0v) is 19.2. The maximum Gasteiger partial charge on any atom is 0.306 e. The second-order valence-electron chi connectivity index (χ2n) is 8.00. The number of hydrogen-bond donors (Lipinski definition) is 1. The van der Waals surface area contributed by atoms with Gasteiger partial charge in [0.15, 0.2) is 6.61 Å². The Hall–Kier alpha value is -3.51. The van der Waals surface area contributed by atoms with Gasteiger partial charge in [0.1, 0.15) is 16.9 Å². The number of para-hydroxylation sites is 1. The molecule has 0 saturated heterocycles. The van der Waals surface area contributed by atoms with Crippen LogP contribution in [0.25, 0.3) is 10.9 Å². The molecule has 1 aromatic carbocycles. The van der Waals surface area contributed by atoms with E-state index in [4.69, 9.17) is 4.74 Å². The number of thiophene rings is 1. The number of amides is 1. The molecule has 1 amide bonds. The highest BCUT2D eigenvalue weighted by molar-refractivity contribution is 7.16. The van der Waals surface area contributed by atoms with Crippen LogP contribution in [0.2, 0.25) is 0 Å². The van der Waals surface area contributed by atoms with E-state index in [1.54, 1.807) is 31.3 Å². The van der Waals surface area contributed by atoms with Crippen molar-refractivity contribution in [3.8, 4) is 6.07 Å². The predicted molar refractivity (Wildman–Crippen MR) is 125 cm³/mol. The standard InChI is InChI=1S/C24H24N4O4S/c1-28-20(26-18-9-6-5-8-16(18)24(28)31)11-12-22(30)32-14-21(29)27-23-17(13-25)15-7-3-2-4-10-19(15)33-23/h5-6,8-9H,2-4,7,10-12,14H2,1H3,(H,27,29). The molecule has 2 heterocycles. The summed E-state index contributed by atoms with van der Waals surface area (Å²) in [5.41, 5.74) is 1.97. The number of nitriles is 1. The van der Waals surface area contributed by atoms with Crippen LogP contribution < -0.4 is 10.9 Å². The lowest BCUT2D eigenvalue weighted by molar-refractivity contribution is -0.147. The number of nitrogens with zero attached hydrogens (tertiary/aromatic N) is 3. The van der Waals surface area contributed by atoms with Gasteiger partial charge < -0.3 is 10.1 Å². The molecule has 8 nitrogen and oxygen atoms in total. The minimum absolute atomic E-state index is 0.0113. The average Bonchev–Trinajstić information content (AvgIpc) is 2.97. The van der Waals surface area contributed by atoms with Crippen molar-refractivity contribution in [2.45, 2.75) is 44.9 Å². The molecular weight excluding hydrogens is 440 g/mol. The zero-order valence-electron chi connectivity index (χ0n) is 18.3. The van der Waals surface area contributed by atoms with Gasteiger partial charge in [-0.2, -0.15) is 5.26 Å². The van der Waals surface area contributed by atoms with E-state index < -0.39 is 18.5 Å². The minimum Gasteiger partial charge on any atom is -0.456 e. The second-order valence-corrected chi connectivity index (χ2v) is 9.10. The van der Waals surface area contributed by atoms with Crippen molar-refractivity contribution in [3.05, 3.63) is 56.4 Å². The molecule has 1 aliphatic rings. The van der Waals surface area contributed by atoms with Crippen molar-refractivity contribution >= 4 is 39.1 Å². The number of ether oxygens (including phenoxy) is 1. The number of benzene rings is 1. The lowest BCUT2D eigenvalue weighted by atomic mass is 10.1. The van der Waals surface area contributed by atoms with Crippen LogP contribution in [-0.4, -0.2) is 28.0 Å². The first-order valence-corrected chi connectivity index (χ1v) is 11.7. The molecular formula is C24H24N4O4S. The Morgan fingerprint density at radius 3 is 2.85 bits per heavy atom. The summed E-state index contributed by atoms with van der Waals surface area (Å²) in [5, 5.41) is 13.3. The van der Waals surface area contributed by atoms with Gasteiger partial charge in [-0.15, -0.1) is 11.3 Å².